The molecule has 1 aliphatic rings. The van der Waals surface area contributed by atoms with Gasteiger partial charge in [0.2, 0.25) is 5.91 Å². The predicted octanol–water partition coefficient (Wildman–Crippen LogP) is 3.35. The van der Waals surface area contributed by atoms with Gasteiger partial charge in [0, 0.05) is 5.92 Å². The van der Waals surface area contributed by atoms with Crippen molar-refractivity contribution in [2.75, 3.05) is 0 Å². The number of carbonyl (C=O) groups excluding carboxylic acids is 1. The van der Waals surface area contributed by atoms with Gasteiger partial charge in [0.05, 0.1) is 0 Å². The maximum atomic E-state index is 12.5. The lowest BCUT2D eigenvalue weighted by Gasteiger charge is -2.40. The summed E-state index contributed by atoms with van der Waals surface area (Å²) in [4.78, 5) is 24.2. The fourth-order valence-corrected chi connectivity index (χ4v) is 3.33. The van der Waals surface area contributed by atoms with Gasteiger partial charge in [-0.15, -0.1) is 0 Å². The van der Waals surface area contributed by atoms with Gasteiger partial charge in [-0.3, -0.25) is 4.79 Å². The summed E-state index contributed by atoms with van der Waals surface area (Å²) in [5.74, 6) is -0.980. The molecule has 2 unspecified atom stereocenters. The van der Waals surface area contributed by atoms with E-state index >= 15 is 0 Å². The fraction of sp³-hybridized carbons (Fsp3) is 0.875. The summed E-state index contributed by atoms with van der Waals surface area (Å²) in [7, 11) is 0. The minimum absolute atomic E-state index is 0.00148. The van der Waals surface area contributed by atoms with Crippen LogP contribution in [0, 0.1) is 11.8 Å². The average molecular weight is 283 g/mol. The Morgan fingerprint density at radius 1 is 1.25 bits per heavy atom. The van der Waals surface area contributed by atoms with Crippen molar-refractivity contribution in [3.05, 3.63) is 0 Å². The smallest absolute Gasteiger partial charge is 0.329 e. The van der Waals surface area contributed by atoms with E-state index in [1.165, 1.54) is 0 Å². The van der Waals surface area contributed by atoms with Crippen molar-refractivity contribution in [2.45, 2.75) is 77.7 Å². The summed E-state index contributed by atoms with van der Waals surface area (Å²) in [6.07, 6.45) is 6.94. The minimum Gasteiger partial charge on any atom is -0.479 e. The first kappa shape index (κ1) is 17.0. The van der Waals surface area contributed by atoms with E-state index in [4.69, 9.17) is 0 Å². The van der Waals surface area contributed by atoms with E-state index in [-0.39, 0.29) is 17.7 Å². The van der Waals surface area contributed by atoms with Crippen LogP contribution in [0.1, 0.15) is 72.1 Å². The highest BCUT2D eigenvalue weighted by Crippen LogP contribution is 2.34. The topological polar surface area (TPSA) is 66.4 Å². The molecule has 4 nitrogen and oxygen atoms in total. The Morgan fingerprint density at radius 3 is 2.30 bits per heavy atom. The van der Waals surface area contributed by atoms with Gasteiger partial charge >= 0.3 is 5.97 Å². The molecule has 0 aromatic carbocycles. The zero-order valence-electron chi connectivity index (χ0n) is 13.1. The number of hydrogen-bond donors (Lipinski definition) is 2. The highest BCUT2D eigenvalue weighted by Gasteiger charge is 2.46. The van der Waals surface area contributed by atoms with Crippen LogP contribution < -0.4 is 5.32 Å². The van der Waals surface area contributed by atoms with E-state index in [0.29, 0.717) is 6.42 Å². The van der Waals surface area contributed by atoms with Crippen LogP contribution in [0.25, 0.3) is 0 Å². The summed E-state index contributed by atoms with van der Waals surface area (Å²) in [5, 5.41) is 12.5. The second-order valence-corrected chi connectivity index (χ2v) is 6.19. The fourth-order valence-electron chi connectivity index (χ4n) is 3.33. The third kappa shape index (κ3) is 3.74. The molecule has 0 radical (unpaired) electrons. The lowest BCUT2D eigenvalue weighted by atomic mass is 9.73. The van der Waals surface area contributed by atoms with E-state index in [1.807, 2.05) is 6.92 Å². The van der Waals surface area contributed by atoms with Crippen molar-refractivity contribution in [3.63, 3.8) is 0 Å². The number of carboxylic acids is 1. The third-order valence-electron chi connectivity index (χ3n) is 4.67. The molecule has 2 N–H and O–H groups in total. The first-order chi connectivity index (χ1) is 9.47. The Morgan fingerprint density at radius 2 is 1.85 bits per heavy atom. The van der Waals surface area contributed by atoms with Crippen molar-refractivity contribution >= 4 is 11.9 Å². The zero-order valence-corrected chi connectivity index (χ0v) is 13.1. The zero-order chi connectivity index (χ0) is 15.2. The van der Waals surface area contributed by atoms with Crippen LogP contribution in [0.3, 0.4) is 0 Å². The SMILES string of the molecule is CCCC(CCC)C(=O)NC1(C(=O)O)CCCCC1C. The maximum absolute atomic E-state index is 12.5. The lowest BCUT2D eigenvalue weighted by Crippen LogP contribution is -2.61. The van der Waals surface area contributed by atoms with Gasteiger partial charge in [0.15, 0.2) is 0 Å². The Balaban J connectivity index is 2.83. The molecular formula is C16H29NO3. The Kier molecular flexibility index (Phi) is 6.50. The number of nitrogens with one attached hydrogen (secondary N) is 1. The molecule has 0 aromatic rings. The van der Waals surface area contributed by atoms with Crippen molar-refractivity contribution < 1.29 is 14.7 Å². The third-order valence-corrected chi connectivity index (χ3v) is 4.67. The summed E-state index contributed by atoms with van der Waals surface area (Å²) in [6.45, 7) is 6.07. The number of rotatable bonds is 7. The number of hydrogen-bond acceptors (Lipinski definition) is 2. The molecule has 1 amide bonds. The lowest BCUT2D eigenvalue weighted by molar-refractivity contribution is -0.152. The van der Waals surface area contributed by atoms with Gasteiger partial charge < -0.3 is 10.4 Å². The molecule has 116 valence electrons. The minimum atomic E-state index is -1.05. The average Bonchev–Trinajstić information content (AvgIpc) is 2.41. The molecule has 0 bridgehead atoms. The van der Waals surface area contributed by atoms with Gasteiger partial charge in [0.1, 0.15) is 5.54 Å². The van der Waals surface area contributed by atoms with Gasteiger partial charge in [-0.05, 0) is 31.6 Å². The molecule has 0 aromatic heterocycles. The van der Waals surface area contributed by atoms with E-state index in [1.54, 1.807) is 0 Å². The number of carbonyl (C=O) groups is 2. The number of amides is 1. The molecular weight excluding hydrogens is 254 g/mol. The van der Waals surface area contributed by atoms with Gasteiger partial charge in [-0.25, -0.2) is 4.79 Å². The molecule has 1 saturated carbocycles. The Labute approximate surface area is 122 Å². The van der Waals surface area contributed by atoms with Crippen LogP contribution in [0.2, 0.25) is 0 Å². The van der Waals surface area contributed by atoms with Crippen LogP contribution in [-0.2, 0) is 9.59 Å². The summed E-state index contributed by atoms with van der Waals surface area (Å²) >= 11 is 0. The van der Waals surface area contributed by atoms with Crippen LogP contribution in [0.4, 0.5) is 0 Å². The van der Waals surface area contributed by atoms with Crippen molar-refractivity contribution in [1.29, 1.82) is 0 Å². The van der Waals surface area contributed by atoms with Crippen molar-refractivity contribution in [1.82, 2.24) is 5.32 Å². The normalized spacial score (nSPS) is 26.5. The van der Waals surface area contributed by atoms with E-state index < -0.39 is 11.5 Å². The molecule has 0 saturated heterocycles. The largest absolute Gasteiger partial charge is 0.479 e. The Hall–Kier alpha value is -1.06. The van der Waals surface area contributed by atoms with Gasteiger partial charge in [-0.1, -0.05) is 46.5 Å². The standard InChI is InChI=1S/C16H29NO3/c1-4-8-13(9-5-2)14(18)17-16(15(19)20)11-7-6-10-12(16)3/h12-13H,4-11H2,1-3H3,(H,17,18)(H,19,20). The van der Waals surface area contributed by atoms with Crippen LogP contribution >= 0.6 is 0 Å². The predicted molar refractivity (Wildman–Crippen MR) is 79.4 cm³/mol. The second kappa shape index (κ2) is 7.65. The quantitative estimate of drug-likeness (QED) is 0.753. The molecule has 0 aliphatic heterocycles. The molecule has 4 heteroatoms. The molecule has 20 heavy (non-hydrogen) atoms. The summed E-state index contributed by atoms with van der Waals surface area (Å²) in [6, 6.07) is 0. The number of carboxylic acid groups (broad SMARTS) is 1. The van der Waals surface area contributed by atoms with Crippen molar-refractivity contribution in [3.8, 4) is 0 Å². The van der Waals surface area contributed by atoms with E-state index in [0.717, 1.165) is 44.9 Å². The van der Waals surface area contributed by atoms with E-state index in [9.17, 15) is 14.7 Å². The molecule has 0 heterocycles. The monoisotopic (exact) mass is 283 g/mol. The molecule has 1 fully saturated rings. The Bertz CT molecular complexity index is 337. The van der Waals surface area contributed by atoms with Crippen LogP contribution in [0.5, 0.6) is 0 Å². The summed E-state index contributed by atoms with van der Waals surface area (Å²) < 4.78 is 0. The van der Waals surface area contributed by atoms with Crippen molar-refractivity contribution in [2.24, 2.45) is 11.8 Å². The van der Waals surface area contributed by atoms with Gasteiger partial charge in [-0.2, -0.15) is 0 Å². The maximum Gasteiger partial charge on any atom is 0.329 e. The first-order valence-electron chi connectivity index (χ1n) is 8.03. The van der Waals surface area contributed by atoms with Gasteiger partial charge in [0.25, 0.3) is 0 Å². The van der Waals surface area contributed by atoms with E-state index in [2.05, 4.69) is 19.2 Å². The first-order valence-corrected chi connectivity index (χ1v) is 8.03. The number of aliphatic carboxylic acids is 1. The highest BCUT2D eigenvalue weighted by molar-refractivity contribution is 5.88. The highest BCUT2D eigenvalue weighted by atomic mass is 16.4. The molecule has 2 atom stereocenters. The molecule has 0 spiro atoms. The van der Waals surface area contributed by atoms with Crippen LogP contribution in [0.15, 0.2) is 0 Å². The molecule has 1 rings (SSSR count). The summed E-state index contributed by atoms with van der Waals surface area (Å²) in [5.41, 5.74) is -1.05. The van der Waals surface area contributed by atoms with Crippen LogP contribution in [-0.4, -0.2) is 22.5 Å². The molecule has 1 aliphatic carbocycles. The second-order valence-electron chi connectivity index (χ2n) is 6.19.